The van der Waals surface area contributed by atoms with Gasteiger partial charge in [-0.3, -0.25) is 0 Å². The van der Waals surface area contributed by atoms with Crippen molar-refractivity contribution < 1.29 is 121 Å². The van der Waals surface area contributed by atoms with E-state index < -0.39 is 0 Å². The Labute approximate surface area is 861 Å². The zero-order valence-corrected chi connectivity index (χ0v) is 92.6. The number of rotatable bonds is 56. The molecule has 2 fully saturated rings. The monoisotopic (exact) mass is 2040 g/mol. The van der Waals surface area contributed by atoms with E-state index in [-0.39, 0.29) is 107 Å². The van der Waals surface area contributed by atoms with Gasteiger partial charge in [0.1, 0.15) is 94.2 Å². The smallest absolute Gasteiger partial charge is 0.125 e. The fourth-order valence-electron chi connectivity index (χ4n) is 15.8. The summed E-state index contributed by atoms with van der Waals surface area (Å²) in [7, 11) is 12.9. The normalized spacial score (nSPS) is 14.2. The molecule has 1 aliphatic heterocycles. The first-order chi connectivity index (χ1) is 68.4. The van der Waals surface area contributed by atoms with E-state index in [9.17, 15) is 30.7 Å². The minimum Gasteiger partial charge on any atom is -0.496 e. The molecule has 0 N–H and O–H groups in total. The fraction of sp³-hybridized carbons (Fsp3) is 0.627. The number of benzene rings is 7. The zero-order chi connectivity index (χ0) is 107. The van der Waals surface area contributed by atoms with Gasteiger partial charge in [-0.1, -0.05) is 143 Å². The third-order valence-electron chi connectivity index (χ3n) is 22.5. The van der Waals surface area contributed by atoms with Crippen molar-refractivity contribution in [3.8, 4) is 40.2 Å². The first kappa shape index (κ1) is 130. The van der Waals surface area contributed by atoms with Gasteiger partial charge in [0.05, 0.1) is 149 Å². The summed E-state index contributed by atoms with van der Waals surface area (Å²) >= 11 is 0. The predicted octanol–water partition coefficient (Wildman–Crippen LogP) is 30.7. The largest absolute Gasteiger partial charge is 0.496 e. The summed E-state index contributed by atoms with van der Waals surface area (Å²) in [6.07, 6.45) is 13.6. The third-order valence-corrected chi connectivity index (χ3v) is 22.5. The van der Waals surface area contributed by atoms with Crippen molar-refractivity contribution >= 4 is 0 Å². The van der Waals surface area contributed by atoms with Gasteiger partial charge in [-0.05, 0) is 266 Å². The summed E-state index contributed by atoms with van der Waals surface area (Å²) in [6, 6.07) is 32.2. The molecule has 1 heterocycles. The van der Waals surface area contributed by atoms with E-state index in [4.69, 9.17) is 90.0 Å². The van der Waals surface area contributed by atoms with Crippen LogP contribution in [0.1, 0.15) is 311 Å². The molecule has 9 rings (SSSR count). The molecule has 0 amide bonds. The van der Waals surface area contributed by atoms with Crippen LogP contribution < -0.4 is 33.2 Å². The lowest BCUT2D eigenvalue weighted by atomic mass is 9.95. The molecule has 7 aromatic rings. The van der Waals surface area contributed by atoms with Crippen molar-refractivity contribution in [2.75, 3.05) is 143 Å². The van der Waals surface area contributed by atoms with E-state index in [1.54, 1.807) is 118 Å². The molecule has 0 unspecified atom stereocenters. The second-order valence-electron chi connectivity index (χ2n) is 41.2. The second-order valence-corrected chi connectivity index (χ2v) is 41.2. The summed E-state index contributed by atoms with van der Waals surface area (Å²) in [5, 5.41) is 0. The van der Waals surface area contributed by atoms with Gasteiger partial charge < -0.3 is 90.0 Å². The van der Waals surface area contributed by atoms with E-state index in [2.05, 4.69) is 124 Å². The van der Waals surface area contributed by atoms with Crippen molar-refractivity contribution in [2.45, 2.75) is 290 Å². The molecule has 1 aliphatic carbocycles. The maximum atomic E-state index is 13.9. The lowest BCUT2D eigenvalue weighted by molar-refractivity contribution is -0.0519. The van der Waals surface area contributed by atoms with Gasteiger partial charge in [-0.25, -0.2) is 30.7 Å². The van der Waals surface area contributed by atoms with Crippen LogP contribution >= 0.6 is 0 Å². The maximum Gasteiger partial charge on any atom is 0.125 e. The number of hydrogen-bond donors (Lipinski definition) is 0. The molecule has 26 heteroatoms. The van der Waals surface area contributed by atoms with Gasteiger partial charge in [-0.15, -0.1) is 6.58 Å². The van der Waals surface area contributed by atoms with E-state index in [0.29, 0.717) is 155 Å². The molecule has 7 atom stereocenters. The summed E-state index contributed by atoms with van der Waals surface area (Å²) < 4.78 is 201. The SMILES string of the molecule is C=CCO[C@@H](CC(C)C)c1cc(F)ccc1OC.CC(C)C[C@H](OC(C)C)c1cc(F)ccc1OCC1COC1.COCCCO[C@@H](CC(C)C)c1cc(F)ccc1OC.COCCO[C@@H](CC(C)C)c1cc(F)ccc1OC.COCCOc1ccc(F)cc1[C@H](CC(C)C)OC(C)C.COCCOc1ccc(F)cc1[C@H](CC(C)C)OC1CCCCC1.COc1ccc(F)cc1[C@H](CC(C)C)OCC(C)(C)C. The molecule has 2 aliphatic rings. The van der Waals surface area contributed by atoms with Gasteiger partial charge in [0.25, 0.3) is 0 Å². The molecular formula is C118H181F7O19. The highest BCUT2D eigenvalue weighted by atomic mass is 19.2. The van der Waals surface area contributed by atoms with Crippen molar-refractivity contribution in [3.05, 3.63) is 220 Å². The molecule has 0 aromatic heterocycles. The first-order valence-corrected chi connectivity index (χ1v) is 51.6. The fourth-order valence-corrected chi connectivity index (χ4v) is 15.8. The van der Waals surface area contributed by atoms with Crippen molar-refractivity contribution in [1.29, 1.82) is 0 Å². The zero-order valence-electron chi connectivity index (χ0n) is 92.6. The van der Waals surface area contributed by atoms with Crippen LogP contribution in [0.4, 0.5) is 30.7 Å². The minimum absolute atomic E-state index is 0.0730. The van der Waals surface area contributed by atoms with Crippen LogP contribution in [-0.4, -0.2) is 161 Å². The van der Waals surface area contributed by atoms with E-state index >= 15 is 0 Å². The van der Waals surface area contributed by atoms with Crippen LogP contribution in [0.15, 0.2) is 140 Å². The van der Waals surface area contributed by atoms with Crippen LogP contribution in [-0.2, 0) is 56.8 Å². The average Bonchev–Trinajstić information content (AvgIpc) is 0.850. The number of ether oxygens (including phenoxy) is 19. The highest BCUT2D eigenvalue weighted by Crippen LogP contribution is 2.43. The van der Waals surface area contributed by atoms with E-state index in [1.807, 2.05) is 27.7 Å². The Morgan fingerprint density at radius 3 is 0.889 bits per heavy atom. The van der Waals surface area contributed by atoms with Crippen LogP contribution in [0.5, 0.6) is 40.2 Å². The van der Waals surface area contributed by atoms with Gasteiger partial charge in [0, 0.05) is 86.5 Å². The van der Waals surface area contributed by atoms with E-state index in [1.165, 1.54) is 92.1 Å². The van der Waals surface area contributed by atoms with Crippen LogP contribution in [0.3, 0.4) is 0 Å². The summed E-state index contributed by atoms with van der Waals surface area (Å²) in [5.74, 6) is 6.54. The van der Waals surface area contributed by atoms with Crippen molar-refractivity contribution in [3.63, 3.8) is 0 Å². The highest BCUT2D eigenvalue weighted by Gasteiger charge is 2.31. The van der Waals surface area contributed by atoms with Crippen molar-refractivity contribution in [1.82, 2.24) is 0 Å². The Balaban J connectivity index is 0.000000433. The van der Waals surface area contributed by atoms with Gasteiger partial charge in [0.2, 0.25) is 0 Å². The molecule has 7 aromatic carbocycles. The van der Waals surface area contributed by atoms with Crippen LogP contribution in [0.2, 0.25) is 0 Å². The molecule has 1 saturated heterocycles. The Morgan fingerprint density at radius 2 is 0.597 bits per heavy atom. The topological polar surface area (TPSA) is 175 Å². The second kappa shape index (κ2) is 73.1. The van der Waals surface area contributed by atoms with Gasteiger partial charge in [0.15, 0.2) is 0 Å². The third kappa shape index (κ3) is 54.2. The van der Waals surface area contributed by atoms with Crippen molar-refractivity contribution in [2.24, 2.45) is 52.8 Å². The lowest BCUT2D eigenvalue weighted by Gasteiger charge is -2.30. The highest BCUT2D eigenvalue weighted by molar-refractivity contribution is 5.41. The molecular weight excluding hydrogens is 1850 g/mol. The molecule has 0 bridgehead atoms. The molecule has 19 nitrogen and oxygen atoms in total. The number of methoxy groups -OCH3 is 8. The maximum absolute atomic E-state index is 13.9. The summed E-state index contributed by atoms with van der Waals surface area (Å²) in [5.41, 5.74) is 5.57. The van der Waals surface area contributed by atoms with Gasteiger partial charge >= 0.3 is 0 Å². The van der Waals surface area contributed by atoms with Gasteiger partial charge in [-0.2, -0.15) is 0 Å². The predicted molar refractivity (Wildman–Crippen MR) is 563 cm³/mol. The Hall–Kier alpha value is -8.09. The average molecular weight is 2040 g/mol. The molecule has 0 radical (unpaired) electrons. The number of halogens is 7. The molecule has 144 heavy (non-hydrogen) atoms. The molecule has 816 valence electrons. The molecule has 0 spiro atoms. The number of hydrogen-bond acceptors (Lipinski definition) is 19. The summed E-state index contributed by atoms with van der Waals surface area (Å²) in [4.78, 5) is 0. The van der Waals surface area contributed by atoms with E-state index in [0.717, 1.165) is 122 Å². The Bertz CT molecular complexity index is 4510. The standard InChI is InChI=1S/C20H31FO3.C18H27FO3.C17H27FO3.C17H27FO2.C16H25FO3.C15H23FO3.C15H21FO2/c1-15(2)13-20(24-17-7-5-4-6-8-17)18-14-16(21)9-10-19(18)23-12-11-22-3;1-12(2)7-18(22-13(3)4)16-8-15(19)5-6-17(16)21-11-14-9-20-10-14;1-12(2)10-17(21-13(3)4)15-11-14(18)6-7-16(15)20-9-8-19-5;1-12(2)9-16(20-11-17(3,4)5)14-10-13(18)7-8-15(14)19-6;1-12(2)10-16(20-9-5-8-18-3)14-11-13(17)6-7-15(14)19-4;1-11(2)9-15(19-8-7-17-3)13-10-12(16)5-6-14(13)18-4;1-5-8-18-15(9-11(2)3)13-10-12(16)6-7-14(13)17-4/h9-10,14-15,17,20H,4-8,11-13H2,1-3H3;5-6,8,12-14,18H,7,9-11H2,1-4H3;6-7,11-13,17H,8-10H2,1-5H3;7-8,10,12,16H,9,11H2,1-6H3;6-7,11-12,16H,5,8-10H2,1-4H3;5-6,10-11,15H,7-9H2,1-4H3;5-7,10-11,15H,1,8-9H2,2-4H3/t20-;18-;17-;2*16-;2*15-/m0000000/s1. The Kier molecular flexibility index (Phi) is 66.0. The lowest BCUT2D eigenvalue weighted by Crippen LogP contribution is -2.32. The van der Waals surface area contributed by atoms with Crippen LogP contribution in [0.25, 0.3) is 0 Å². The Morgan fingerprint density at radius 1 is 0.319 bits per heavy atom. The molecule has 1 saturated carbocycles. The first-order valence-electron chi connectivity index (χ1n) is 51.6. The summed E-state index contributed by atoms with van der Waals surface area (Å²) in [6.45, 7) is 55.1. The minimum atomic E-state index is -0.278. The quantitative estimate of drug-likeness (QED) is 0.0200. The van der Waals surface area contributed by atoms with Crippen LogP contribution in [0, 0.1) is 93.5 Å².